The number of hydrogen-bond acceptors (Lipinski definition) is 4. The number of ketones is 1. The van der Waals surface area contributed by atoms with Gasteiger partial charge in [-0.15, -0.1) is 0 Å². The van der Waals surface area contributed by atoms with Gasteiger partial charge in [-0.05, 0) is 44.9 Å². The maximum Gasteiger partial charge on any atom is 0.405 e. The zero-order valence-corrected chi connectivity index (χ0v) is 16.6. The summed E-state index contributed by atoms with van der Waals surface area (Å²) in [5.41, 5.74) is 5.21. The van der Waals surface area contributed by atoms with Crippen molar-refractivity contribution in [2.24, 2.45) is 17.1 Å². The first-order chi connectivity index (χ1) is 10.7. The Morgan fingerprint density at radius 3 is 1.96 bits per heavy atom. The number of hydrogen-bond donors (Lipinski definition) is 2. The Balaban J connectivity index is 0. The van der Waals surface area contributed by atoms with Gasteiger partial charge in [-0.25, -0.2) is 4.79 Å². The monoisotopic (exact) mass is 343 g/mol. The summed E-state index contributed by atoms with van der Waals surface area (Å²) in [6.07, 6.45) is 2.29. The van der Waals surface area contributed by atoms with Crippen LogP contribution in [0.25, 0.3) is 0 Å². The molecule has 0 rings (SSSR count). The molecule has 5 heteroatoms. The van der Waals surface area contributed by atoms with Crippen molar-refractivity contribution in [1.29, 1.82) is 0 Å². The summed E-state index contributed by atoms with van der Waals surface area (Å²) in [4.78, 5) is 21.7. The molecule has 0 radical (unpaired) electrons. The van der Waals surface area contributed by atoms with E-state index in [1.807, 2.05) is 0 Å². The number of primary amides is 1. The standard InChI is InChI=1S/C14H26O2.C5H11NO2/c1-11(8-12(2)10-15)6-7-13(16)9-14(3,4)5;1-5(2,3)8-4(6)7/h11,15H,2,6-10H2,1,3-5H3;1-3H3,(H2,6,7). The number of rotatable bonds is 7. The van der Waals surface area contributed by atoms with Crippen LogP contribution in [0.15, 0.2) is 12.2 Å². The molecule has 0 fully saturated rings. The Kier molecular flexibility index (Phi) is 11.7. The van der Waals surface area contributed by atoms with E-state index >= 15 is 0 Å². The number of nitrogens with two attached hydrogens (primary N) is 1. The molecule has 1 atom stereocenters. The van der Waals surface area contributed by atoms with Gasteiger partial charge >= 0.3 is 6.09 Å². The van der Waals surface area contributed by atoms with Gasteiger partial charge in [0.2, 0.25) is 0 Å². The lowest BCUT2D eigenvalue weighted by atomic mass is 9.87. The van der Waals surface area contributed by atoms with Crippen molar-refractivity contribution in [2.75, 3.05) is 6.61 Å². The highest BCUT2D eigenvalue weighted by atomic mass is 16.6. The largest absolute Gasteiger partial charge is 0.444 e. The van der Waals surface area contributed by atoms with E-state index in [4.69, 9.17) is 10.8 Å². The molecular formula is C19H37NO4. The van der Waals surface area contributed by atoms with Gasteiger partial charge in [-0.1, -0.05) is 39.8 Å². The van der Waals surface area contributed by atoms with Gasteiger partial charge < -0.3 is 15.6 Å². The zero-order valence-electron chi connectivity index (χ0n) is 16.6. The number of aliphatic hydroxyl groups is 1. The average molecular weight is 344 g/mol. The average Bonchev–Trinajstić information content (AvgIpc) is 2.31. The van der Waals surface area contributed by atoms with Gasteiger partial charge in [0.15, 0.2) is 0 Å². The number of aliphatic hydroxyl groups excluding tert-OH is 1. The van der Waals surface area contributed by atoms with E-state index in [0.29, 0.717) is 24.5 Å². The van der Waals surface area contributed by atoms with Crippen molar-refractivity contribution in [3.05, 3.63) is 12.2 Å². The highest BCUT2D eigenvalue weighted by Gasteiger charge is 2.16. The third-order valence-electron chi connectivity index (χ3n) is 2.91. The lowest BCUT2D eigenvalue weighted by Crippen LogP contribution is -2.27. The fourth-order valence-electron chi connectivity index (χ4n) is 2.05. The summed E-state index contributed by atoms with van der Waals surface area (Å²) in [5, 5.41) is 8.85. The number of carbonyl (C=O) groups is 2. The minimum atomic E-state index is -0.725. The molecule has 0 aromatic rings. The summed E-state index contributed by atoms with van der Waals surface area (Å²) in [6, 6.07) is 0. The van der Waals surface area contributed by atoms with Gasteiger partial charge in [-0.2, -0.15) is 0 Å². The molecule has 0 saturated carbocycles. The molecule has 0 heterocycles. The Morgan fingerprint density at radius 2 is 1.67 bits per heavy atom. The van der Waals surface area contributed by atoms with Gasteiger partial charge in [0, 0.05) is 12.8 Å². The Bertz CT molecular complexity index is 403. The third kappa shape index (κ3) is 20.6. The summed E-state index contributed by atoms with van der Waals surface area (Å²) < 4.78 is 4.58. The highest BCUT2D eigenvalue weighted by molar-refractivity contribution is 5.78. The van der Waals surface area contributed by atoms with Crippen molar-refractivity contribution in [1.82, 2.24) is 0 Å². The lowest BCUT2D eigenvalue weighted by molar-refractivity contribution is -0.121. The molecule has 24 heavy (non-hydrogen) atoms. The van der Waals surface area contributed by atoms with Gasteiger partial charge in [0.25, 0.3) is 0 Å². The predicted molar refractivity (Wildman–Crippen MR) is 98.7 cm³/mol. The van der Waals surface area contributed by atoms with Gasteiger partial charge in [0.1, 0.15) is 11.4 Å². The predicted octanol–water partition coefficient (Wildman–Crippen LogP) is 4.23. The molecule has 1 unspecified atom stereocenters. The Labute approximate surface area is 147 Å². The normalized spacial score (nSPS) is 12.7. The summed E-state index contributed by atoms with van der Waals surface area (Å²) in [5.74, 6) is 0.775. The first-order valence-electron chi connectivity index (χ1n) is 8.44. The quantitative estimate of drug-likeness (QED) is 0.677. The van der Waals surface area contributed by atoms with E-state index in [9.17, 15) is 9.59 Å². The molecule has 142 valence electrons. The van der Waals surface area contributed by atoms with Crippen molar-refractivity contribution in [3.8, 4) is 0 Å². The SMILES string of the molecule is C=C(CO)CC(C)CCC(=O)CC(C)(C)C.CC(C)(C)OC(N)=O. The number of carbonyl (C=O) groups excluding carboxylic acids is 2. The minimum Gasteiger partial charge on any atom is -0.444 e. The fraction of sp³-hybridized carbons (Fsp3) is 0.789. The molecule has 3 N–H and O–H groups in total. The van der Waals surface area contributed by atoms with E-state index < -0.39 is 11.7 Å². The van der Waals surface area contributed by atoms with Crippen LogP contribution in [0.4, 0.5) is 4.79 Å². The number of amides is 1. The molecule has 0 bridgehead atoms. The number of ether oxygens (including phenoxy) is 1. The second kappa shape index (κ2) is 11.2. The smallest absolute Gasteiger partial charge is 0.405 e. The lowest BCUT2D eigenvalue weighted by Gasteiger charge is -2.17. The summed E-state index contributed by atoms with van der Waals surface area (Å²) in [7, 11) is 0. The van der Waals surface area contributed by atoms with Crippen LogP contribution < -0.4 is 5.73 Å². The van der Waals surface area contributed by atoms with E-state index in [1.165, 1.54) is 0 Å². The molecular weight excluding hydrogens is 306 g/mol. The molecule has 0 aromatic heterocycles. The van der Waals surface area contributed by atoms with E-state index in [2.05, 4.69) is 39.0 Å². The van der Waals surface area contributed by atoms with Crippen LogP contribution in [0.3, 0.4) is 0 Å². The molecule has 1 amide bonds. The maximum absolute atomic E-state index is 11.6. The number of Topliss-reactive ketones (excluding diaryl/α,β-unsaturated/α-hetero) is 1. The summed E-state index contributed by atoms with van der Waals surface area (Å²) in [6.45, 7) is 17.5. The van der Waals surface area contributed by atoms with Crippen LogP contribution in [0.5, 0.6) is 0 Å². The molecule has 0 aromatic carbocycles. The van der Waals surface area contributed by atoms with E-state index in [1.54, 1.807) is 20.8 Å². The molecule has 5 nitrogen and oxygen atoms in total. The summed E-state index contributed by atoms with van der Waals surface area (Å²) >= 11 is 0. The maximum atomic E-state index is 11.6. The van der Waals surface area contributed by atoms with Crippen molar-refractivity contribution in [3.63, 3.8) is 0 Å². The Hall–Kier alpha value is -1.36. The third-order valence-corrected chi connectivity index (χ3v) is 2.91. The van der Waals surface area contributed by atoms with Crippen LogP contribution in [0.1, 0.15) is 74.1 Å². The van der Waals surface area contributed by atoms with Crippen LogP contribution in [0, 0.1) is 11.3 Å². The molecule has 0 saturated heterocycles. The second-order valence-corrected chi connectivity index (χ2v) is 8.57. The highest BCUT2D eigenvalue weighted by Crippen LogP contribution is 2.22. The second-order valence-electron chi connectivity index (χ2n) is 8.57. The first kappa shape index (κ1) is 24.9. The van der Waals surface area contributed by atoms with Crippen molar-refractivity contribution >= 4 is 11.9 Å². The Morgan fingerprint density at radius 1 is 1.17 bits per heavy atom. The van der Waals surface area contributed by atoms with E-state index in [0.717, 1.165) is 18.4 Å². The van der Waals surface area contributed by atoms with Crippen molar-refractivity contribution < 1.29 is 19.4 Å². The molecule has 0 spiro atoms. The molecule has 0 aliphatic rings. The van der Waals surface area contributed by atoms with E-state index in [-0.39, 0.29) is 12.0 Å². The minimum absolute atomic E-state index is 0.0558. The van der Waals surface area contributed by atoms with Gasteiger partial charge in [-0.3, -0.25) is 4.79 Å². The van der Waals surface area contributed by atoms with Crippen LogP contribution in [-0.4, -0.2) is 29.2 Å². The zero-order chi connectivity index (χ0) is 19.6. The van der Waals surface area contributed by atoms with Crippen molar-refractivity contribution in [2.45, 2.75) is 79.8 Å². The van der Waals surface area contributed by atoms with Gasteiger partial charge in [0.05, 0.1) is 6.61 Å². The first-order valence-corrected chi connectivity index (χ1v) is 8.44. The van der Waals surface area contributed by atoms with Crippen LogP contribution in [-0.2, 0) is 9.53 Å². The fourth-order valence-corrected chi connectivity index (χ4v) is 2.05. The van der Waals surface area contributed by atoms with Crippen LogP contribution >= 0.6 is 0 Å². The molecule has 0 aliphatic carbocycles. The topological polar surface area (TPSA) is 89.6 Å². The van der Waals surface area contributed by atoms with Crippen LogP contribution in [0.2, 0.25) is 0 Å². The molecule has 0 aliphatic heterocycles.